The summed E-state index contributed by atoms with van der Waals surface area (Å²) in [6.45, 7) is 0. The van der Waals surface area contributed by atoms with Crippen molar-refractivity contribution in [3.63, 3.8) is 0 Å². The Labute approximate surface area is 111 Å². The summed E-state index contributed by atoms with van der Waals surface area (Å²) in [5.41, 5.74) is 1.50. The summed E-state index contributed by atoms with van der Waals surface area (Å²) in [5, 5.41) is 0.257. The predicted octanol–water partition coefficient (Wildman–Crippen LogP) is 2.78. The van der Waals surface area contributed by atoms with Crippen LogP contribution in [0.4, 0.5) is 5.82 Å². The highest BCUT2D eigenvalue weighted by atomic mass is 35.5. The molecule has 0 unspecified atom stereocenters. The molecule has 2 heterocycles. The molecule has 5 nitrogen and oxygen atoms in total. The maximum Gasteiger partial charge on any atom is 0.226 e. The van der Waals surface area contributed by atoms with Crippen LogP contribution in [0.2, 0.25) is 5.28 Å². The number of H-pyrrole nitrogens is 1. The molecule has 0 aromatic carbocycles. The minimum Gasteiger partial charge on any atom is -0.355 e. The number of nitrogens with zero attached hydrogens (tertiary/aromatic N) is 4. The third-order valence-corrected chi connectivity index (χ3v) is 3.86. The highest BCUT2D eigenvalue weighted by Crippen LogP contribution is 2.28. The van der Waals surface area contributed by atoms with Gasteiger partial charge in [0.2, 0.25) is 5.28 Å². The SMILES string of the molecule is CN(c1nc(Cl)nc2nc[nH]c12)C1CCCCC1. The first-order chi connectivity index (χ1) is 8.75. The molecule has 2 aromatic heterocycles. The summed E-state index contributed by atoms with van der Waals surface area (Å²) in [6.07, 6.45) is 7.99. The van der Waals surface area contributed by atoms with Crippen LogP contribution in [-0.4, -0.2) is 33.0 Å². The van der Waals surface area contributed by atoms with Crippen molar-refractivity contribution in [1.29, 1.82) is 0 Å². The quantitative estimate of drug-likeness (QED) is 0.849. The van der Waals surface area contributed by atoms with Gasteiger partial charge in [0, 0.05) is 13.1 Å². The zero-order valence-electron chi connectivity index (χ0n) is 10.4. The summed E-state index contributed by atoms with van der Waals surface area (Å²) in [5.74, 6) is 0.856. The molecule has 3 rings (SSSR count). The van der Waals surface area contributed by atoms with Crippen LogP contribution in [0.25, 0.3) is 11.2 Å². The summed E-state index contributed by atoms with van der Waals surface area (Å²) in [6, 6.07) is 0.538. The number of hydrogen-bond donors (Lipinski definition) is 1. The third-order valence-electron chi connectivity index (χ3n) is 3.70. The fourth-order valence-electron chi connectivity index (χ4n) is 2.69. The molecular formula is C12H16ClN5. The number of nitrogens with one attached hydrogen (secondary N) is 1. The van der Waals surface area contributed by atoms with Crippen molar-refractivity contribution in [1.82, 2.24) is 19.9 Å². The Balaban J connectivity index is 1.99. The van der Waals surface area contributed by atoms with E-state index in [0.717, 1.165) is 11.3 Å². The molecule has 1 fully saturated rings. The first-order valence-corrected chi connectivity index (χ1v) is 6.73. The molecule has 0 spiro atoms. The number of imidazole rings is 1. The molecule has 2 aromatic rings. The molecular weight excluding hydrogens is 250 g/mol. The van der Waals surface area contributed by atoms with Crippen molar-refractivity contribution < 1.29 is 0 Å². The summed E-state index contributed by atoms with van der Waals surface area (Å²) < 4.78 is 0. The van der Waals surface area contributed by atoms with Gasteiger partial charge in [-0.2, -0.15) is 9.97 Å². The number of hydrogen-bond acceptors (Lipinski definition) is 4. The largest absolute Gasteiger partial charge is 0.355 e. The van der Waals surface area contributed by atoms with Gasteiger partial charge >= 0.3 is 0 Å². The van der Waals surface area contributed by atoms with Gasteiger partial charge in [0.15, 0.2) is 11.5 Å². The summed E-state index contributed by atoms with van der Waals surface area (Å²) in [4.78, 5) is 17.9. The molecule has 1 aliphatic rings. The zero-order chi connectivity index (χ0) is 12.5. The van der Waals surface area contributed by atoms with E-state index in [0.29, 0.717) is 11.7 Å². The van der Waals surface area contributed by atoms with E-state index < -0.39 is 0 Å². The van der Waals surface area contributed by atoms with Crippen LogP contribution in [0.15, 0.2) is 6.33 Å². The standard InChI is InChI=1S/C12H16ClN5/c1-18(8-5-3-2-4-6-8)11-9-10(15-7-14-9)16-12(13)17-11/h7-8H,2-6H2,1H3,(H,14,15,16,17). The van der Waals surface area contributed by atoms with Crippen LogP contribution in [0, 0.1) is 0 Å². The van der Waals surface area contributed by atoms with Gasteiger partial charge in [-0.3, -0.25) is 0 Å². The van der Waals surface area contributed by atoms with E-state index in [4.69, 9.17) is 11.6 Å². The van der Waals surface area contributed by atoms with E-state index in [2.05, 4.69) is 31.9 Å². The maximum atomic E-state index is 5.96. The lowest BCUT2D eigenvalue weighted by atomic mass is 9.94. The number of rotatable bonds is 2. The molecule has 0 aliphatic heterocycles. The normalized spacial score (nSPS) is 17.2. The van der Waals surface area contributed by atoms with Gasteiger partial charge < -0.3 is 9.88 Å². The van der Waals surface area contributed by atoms with Gasteiger partial charge in [0.05, 0.1) is 6.33 Å². The summed E-state index contributed by atoms with van der Waals surface area (Å²) >= 11 is 5.96. The van der Waals surface area contributed by atoms with Crippen molar-refractivity contribution in [2.24, 2.45) is 0 Å². The fraction of sp³-hybridized carbons (Fsp3) is 0.583. The van der Waals surface area contributed by atoms with Crippen molar-refractivity contribution in [2.75, 3.05) is 11.9 Å². The lowest BCUT2D eigenvalue weighted by Crippen LogP contribution is -2.34. The van der Waals surface area contributed by atoms with Crippen LogP contribution >= 0.6 is 11.6 Å². The topological polar surface area (TPSA) is 57.7 Å². The number of halogens is 1. The van der Waals surface area contributed by atoms with Crippen molar-refractivity contribution in [2.45, 2.75) is 38.1 Å². The molecule has 0 bridgehead atoms. The first-order valence-electron chi connectivity index (χ1n) is 6.35. The van der Waals surface area contributed by atoms with Gasteiger partial charge in [-0.25, -0.2) is 4.98 Å². The van der Waals surface area contributed by atoms with Crippen LogP contribution < -0.4 is 4.90 Å². The average molecular weight is 266 g/mol. The zero-order valence-corrected chi connectivity index (χ0v) is 11.1. The third kappa shape index (κ3) is 2.03. The maximum absolute atomic E-state index is 5.96. The number of anilines is 1. The van der Waals surface area contributed by atoms with Crippen molar-refractivity contribution in [3.8, 4) is 0 Å². The lowest BCUT2D eigenvalue weighted by Gasteiger charge is -2.32. The molecule has 18 heavy (non-hydrogen) atoms. The highest BCUT2D eigenvalue weighted by molar-refractivity contribution is 6.28. The van der Waals surface area contributed by atoms with Gasteiger partial charge in [-0.1, -0.05) is 19.3 Å². The molecule has 1 saturated carbocycles. The predicted molar refractivity (Wildman–Crippen MR) is 72.0 cm³/mol. The van der Waals surface area contributed by atoms with E-state index in [9.17, 15) is 0 Å². The Morgan fingerprint density at radius 1 is 1.28 bits per heavy atom. The van der Waals surface area contributed by atoms with Gasteiger partial charge in [0.1, 0.15) is 5.52 Å². The van der Waals surface area contributed by atoms with Gasteiger partial charge in [-0.15, -0.1) is 0 Å². The molecule has 96 valence electrons. The van der Waals surface area contributed by atoms with Crippen LogP contribution in [0.1, 0.15) is 32.1 Å². The van der Waals surface area contributed by atoms with Crippen molar-refractivity contribution >= 4 is 28.6 Å². The number of aromatic amines is 1. The lowest BCUT2D eigenvalue weighted by molar-refractivity contribution is 0.426. The minimum absolute atomic E-state index is 0.257. The number of aromatic nitrogens is 4. The molecule has 0 amide bonds. The molecule has 0 radical (unpaired) electrons. The fourth-order valence-corrected chi connectivity index (χ4v) is 2.85. The molecule has 0 atom stereocenters. The number of fused-ring (bicyclic) bond motifs is 1. The minimum atomic E-state index is 0.257. The van der Waals surface area contributed by atoms with Crippen LogP contribution in [-0.2, 0) is 0 Å². The van der Waals surface area contributed by atoms with Crippen LogP contribution in [0.5, 0.6) is 0 Å². The Morgan fingerprint density at radius 2 is 2.06 bits per heavy atom. The Kier molecular flexibility index (Phi) is 3.07. The van der Waals surface area contributed by atoms with E-state index in [1.54, 1.807) is 6.33 Å². The highest BCUT2D eigenvalue weighted by Gasteiger charge is 2.22. The average Bonchev–Trinajstić information content (AvgIpc) is 2.86. The Morgan fingerprint density at radius 3 is 2.83 bits per heavy atom. The molecule has 0 saturated heterocycles. The van der Waals surface area contributed by atoms with Gasteiger partial charge in [-0.05, 0) is 24.4 Å². The Hall–Kier alpha value is -1.36. The van der Waals surface area contributed by atoms with Crippen LogP contribution in [0.3, 0.4) is 0 Å². The molecule has 6 heteroatoms. The second kappa shape index (κ2) is 4.72. The van der Waals surface area contributed by atoms with E-state index in [1.165, 1.54) is 32.1 Å². The van der Waals surface area contributed by atoms with E-state index in [-0.39, 0.29) is 5.28 Å². The second-order valence-corrected chi connectivity index (χ2v) is 5.16. The second-order valence-electron chi connectivity index (χ2n) is 4.82. The van der Waals surface area contributed by atoms with E-state index >= 15 is 0 Å². The van der Waals surface area contributed by atoms with Crippen molar-refractivity contribution in [3.05, 3.63) is 11.6 Å². The summed E-state index contributed by atoms with van der Waals surface area (Å²) in [7, 11) is 2.08. The van der Waals surface area contributed by atoms with E-state index in [1.807, 2.05) is 0 Å². The monoisotopic (exact) mass is 265 g/mol. The first kappa shape index (κ1) is 11.7. The van der Waals surface area contributed by atoms with Gasteiger partial charge in [0.25, 0.3) is 0 Å². The molecule has 1 aliphatic carbocycles. The Bertz CT molecular complexity index is 546. The molecule has 1 N–H and O–H groups in total. The smallest absolute Gasteiger partial charge is 0.226 e.